The molecule has 0 amide bonds. The molecule has 1 aromatic rings. The van der Waals surface area contributed by atoms with Gasteiger partial charge in [-0.05, 0) is 25.0 Å². The van der Waals surface area contributed by atoms with Gasteiger partial charge < -0.3 is 5.11 Å². The highest BCUT2D eigenvalue weighted by Crippen LogP contribution is 2.14. The standard InChI is InChI=1S/C12H18N2O3S/c15-12-5-3-8-14(10-12)18(16,17)9-6-11-4-1-2-7-13-11/h1-2,4,7,12,15H,3,5-6,8-10H2. The Kier molecular flexibility index (Phi) is 4.31. The first-order valence-corrected chi connectivity index (χ1v) is 7.74. The molecule has 0 aliphatic carbocycles. The van der Waals surface area contributed by atoms with Gasteiger partial charge in [-0.2, -0.15) is 4.31 Å². The van der Waals surface area contributed by atoms with E-state index in [9.17, 15) is 13.5 Å². The Hall–Kier alpha value is -0.980. The zero-order chi connectivity index (χ0) is 13.0. The second kappa shape index (κ2) is 5.77. The summed E-state index contributed by atoms with van der Waals surface area (Å²) in [5.74, 6) is 0.0523. The van der Waals surface area contributed by atoms with E-state index in [-0.39, 0.29) is 12.3 Å². The molecule has 1 unspecified atom stereocenters. The molecular weight excluding hydrogens is 252 g/mol. The minimum atomic E-state index is -3.28. The van der Waals surface area contributed by atoms with Crippen molar-refractivity contribution >= 4 is 10.0 Å². The summed E-state index contributed by atoms with van der Waals surface area (Å²) in [6.45, 7) is 0.742. The summed E-state index contributed by atoms with van der Waals surface area (Å²) in [6.07, 6.45) is 2.96. The van der Waals surface area contributed by atoms with Gasteiger partial charge in [0, 0.05) is 31.4 Å². The van der Waals surface area contributed by atoms with E-state index in [1.54, 1.807) is 12.3 Å². The Morgan fingerprint density at radius 2 is 2.28 bits per heavy atom. The number of aryl methyl sites for hydroxylation is 1. The maximum Gasteiger partial charge on any atom is 0.214 e. The van der Waals surface area contributed by atoms with E-state index in [1.165, 1.54) is 4.31 Å². The number of aliphatic hydroxyl groups is 1. The van der Waals surface area contributed by atoms with Crippen LogP contribution in [0.15, 0.2) is 24.4 Å². The van der Waals surface area contributed by atoms with Gasteiger partial charge in [-0.3, -0.25) is 4.98 Å². The molecule has 1 atom stereocenters. The van der Waals surface area contributed by atoms with Gasteiger partial charge in [0.05, 0.1) is 11.9 Å². The SMILES string of the molecule is O=S(=O)(CCc1ccccn1)N1CCCC(O)C1. The van der Waals surface area contributed by atoms with Gasteiger partial charge in [0.1, 0.15) is 0 Å². The Bertz CT molecular complexity index is 475. The van der Waals surface area contributed by atoms with Crippen LogP contribution in [0.4, 0.5) is 0 Å². The largest absolute Gasteiger partial charge is 0.392 e. The molecule has 0 spiro atoms. The third-order valence-corrected chi connectivity index (χ3v) is 4.93. The molecule has 2 heterocycles. The number of β-amino-alcohol motifs (C(OH)–C–C–N with tert-alkyl or cyclic N) is 1. The van der Waals surface area contributed by atoms with Crippen molar-refractivity contribution in [3.05, 3.63) is 30.1 Å². The van der Waals surface area contributed by atoms with E-state index in [0.29, 0.717) is 19.4 Å². The van der Waals surface area contributed by atoms with Gasteiger partial charge in [0.15, 0.2) is 0 Å². The second-order valence-electron chi connectivity index (χ2n) is 4.54. The second-order valence-corrected chi connectivity index (χ2v) is 6.63. The molecule has 2 rings (SSSR count). The fraction of sp³-hybridized carbons (Fsp3) is 0.583. The number of hydrogen-bond donors (Lipinski definition) is 1. The zero-order valence-corrected chi connectivity index (χ0v) is 11.0. The highest BCUT2D eigenvalue weighted by molar-refractivity contribution is 7.89. The first kappa shape index (κ1) is 13.5. The highest BCUT2D eigenvalue weighted by atomic mass is 32.2. The average Bonchev–Trinajstić information content (AvgIpc) is 2.38. The molecule has 18 heavy (non-hydrogen) atoms. The molecule has 0 radical (unpaired) electrons. The first-order valence-electron chi connectivity index (χ1n) is 6.14. The van der Waals surface area contributed by atoms with Crippen molar-refractivity contribution in [2.24, 2.45) is 0 Å². The van der Waals surface area contributed by atoms with Gasteiger partial charge >= 0.3 is 0 Å². The Labute approximate surface area is 108 Å². The predicted octanol–water partition coefficient (Wildman–Crippen LogP) is 0.411. The number of aliphatic hydroxyl groups excluding tert-OH is 1. The number of pyridine rings is 1. The lowest BCUT2D eigenvalue weighted by Gasteiger charge is -2.29. The molecule has 6 heteroatoms. The van der Waals surface area contributed by atoms with Crippen LogP contribution in [0.25, 0.3) is 0 Å². The van der Waals surface area contributed by atoms with Gasteiger partial charge in [0.2, 0.25) is 10.0 Å². The van der Waals surface area contributed by atoms with Gasteiger partial charge in [-0.1, -0.05) is 6.07 Å². The van der Waals surface area contributed by atoms with Gasteiger partial charge in [-0.15, -0.1) is 0 Å². The molecule has 1 aliphatic rings. The van der Waals surface area contributed by atoms with Crippen molar-refractivity contribution in [2.45, 2.75) is 25.4 Å². The minimum absolute atomic E-state index is 0.0523. The Morgan fingerprint density at radius 3 is 2.94 bits per heavy atom. The highest BCUT2D eigenvalue weighted by Gasteiger charge is 2.27. The van der Waals surface area contributed by atoms with Crippen LogP contribution in [0.5, 0.6) is 0 Å². The molecule has 1 N–H and O–H groups in total. The smallest absolute Gasteiger partial charge is 0.214 e. The average molecular weight is 270 g/mol. The number of sulfonamides is 1. The first-order chi connectivity index (χ1) is 8.58. The lowest BCUT2D eigenvalue weighted by atomic mass is 10.1. The van der Waals surface area contributed by atoms with Crippen molar-refractivity contribution in [1.82, 2.24) is 9.29 Å². The lowest BCUT2D eigenvalue weighted by Crippen LogP contribution is -2.43. The number of hydrogen-bond acceptors (Lipinski definition) is 4. The fourth-order valence-corrected chi connectivity index (χ4v) is 3.61. The molecule has 100 valence electrons. The van der Waals surface area contributed by atoms with E-state index in [0.717, 1.165) is 12.1 Å². The molecule has 0 saturated carbocycles. The summed E-state index contributed by atoms with van der Waals surface area (Å²) in [5, 5.41) is 9.51. The van der Waals surface area contributed by atoms with E-state index in [4.69, 9.17) is 0 Å². The van der Waals surface area contributed by atoms with Crippen LogP contribution in [-0.2, 0) is 16.4 Å². The normalized spacial score (nSPS) is 21.9. The molecule has 1 aliphatic heterocycles. The number of rotatable bonds is 4. The predicted molar refractivity (Wildman–Crippen MR) is 68.5 cm³/mol. The van der Waals surface area contributed by atoms with Gasteiger partial charge in [0.25, 0.3) is 0 Å². The maximum absolute atomic E-state index is 12.1. The van der Waals surface area contributed by atoms with Crippen molar-refractivity contribution in [2.75, 3.05) is 18.8 Å². The minimum Gasteiger partial charge on any atom is -0.392 e. The third kappa shape index (κ3) is 3.51. The van der Waals surface area contributed by atoms with Gasteiger partial charge in [-0.25, -0.2) is 8.42 Å². The van der Waals surface area contributed by atoms with Crippen molar-refractivity contribution < 1.29 is 13.5 Å². The monoisotopic (exact) mass is 270 g/mol. The van der Waals surface area contributed by atoms with Crippen molar-refractivity contribution in [1.29, 1.82) is 0 Å². The summed E-state index contributed by atoms with van der Waals surface area (Å²) < 4.78 is 25.6. The summed E-state index contributed by atoms with van der Waals surface area (Å²) in [6, 6.07) is 5.47. The molecule has 1 fully saturated rings. The van der Waals surface area contributed by atoms with E-state index in [1.807, 2.05) is 12.1 Å². The van der Waals surface area contributed by atoms with Crippen LogP contribution < -0.4 is 0 Å². The maximum atomic E-state index is 12.1. The lowest BCUT2D eigenvalue weighted by molar-refractivity contribution is 0.108. The summed E-state index contributed by atoms with van der Waals surface area (Å²) in [7, 11) is -3.28. The molecule has 5 nitrogen and oxygen atoms in total. The Morgan fingerprint density at radius 1 is 1.44 bits per heavy atom. The summed E-state index contributed by atoms with van der Waals surface area (Å²) in [5.41, 5.74) is 0.777. The molecular formula is C12H18N2O3S. The molecule has 1 aromatic heterocycles. The number of nitrogens with zero attached hydrogens (tertiary/aromatic N) is 2. The summed E-state index contributed by atoms with van der Waals surface area (Å²) in [4.78, 5) is 4.11. The van der Waals surface area contributed by atoms with Crippen molar-refractivity contribution in [3.8, 4) is 0 Å². The van der Waals surface area contributed by atoms with E-state index < -0.39 is 16.1 Å². The quantitative estimate of drug-likeness (QED) is 0.860. The van der Waals surface area contributed by atoms with Crippen LogP contribution in [0.2, 0.25) is 0 Å². The zero-order valence-electron chi connectivity index (χ0n) is 10.2. The number of piperidine rings is 1. The topological polar surface area (TPSA) is 70.5 Å². The van der Waals surface area contributed by atoms with Crippen LogP contribution in [0.3, 0.4) is 0 Å². The number of aromatic nitrogens is 1. The molecule has 0 bridgehead atoms. The van der Waals surface area contributed by atoms with E-state index in [2.05, 4.69) is 4.98 Å². The summed E-state index contributed by atoms with van der Waals surface area (Å²) >= 11 is 0. The van der Waals surface area contributed by atoms with Crippen LogP contribution >= 0.6 is 0 Å². The molecule has 1 saturated heterocycles. The van der Waals surface area contributed by atoms with E-state index >= 15 is 0 Å². The Balaban J connectivity index is 1.95. The van der Waals surface area contributed by atoms with Crippen molar-refractivity contribution in [3.63, 3.8) is 0 Å². The molecule has 0 aromatic carbocycles. The van der Waals surface area contributed by atoms with Crippen LogP contribution in [-0.4, -0.2) is 47.8 Å². The third-order valence-electron chi connectivity index (χ3n) is 3.09. The van der Waals surface area contributed by atoms with Crippen LogP contribution in [0.1, 0.15) is 18.5 Å². The van der Waals surface area contributed by atoms with Crippen LogP contribution in [0, 0.1) is 0 Å². The fourth-order valence-electron chi connectivity index (χ4n) is 2.08.